The molecule has 0 saturated heterocycles. The smallest absolute Gasteiger partial charge is 0.317 e. The summed E-state index contributed by atoms with van der Waals surface area (Å²) in [6.07, 6.45) is 0. The van der Waals surface area contributed by atoms with Crippen molar-refractivity contribution in [2.45, 2.75) is 38.6 Å². The van der Waals surface area contributed by atoms with Crippen LogP contribution in [0.3, 0.4) is 0 Å². The minimum absolute atomic E-state index is 0.0752. The second kappa shape index (κ2) is 11.3. The summed E-state index contributed by atoms with van der Waals surface area (Å²) in [4.78, 5) is 17.2. The fraction of sp³-hybridized carbons (Fsp3) is 0.611. The van der Waals surface area contributed by atoms with E-state index in [2.05, 4.69) is 24.1 Å². The molecule has 5 nitrogen and oxygen atoms in total. The van der Waals surface area contributed by atoms with Crippen molar-refractivity contribution in [2.24, 2.45) is 0 Å². The van der Waals surface area contributed by atoms with Crippen molar-refractivity contribution in [3.63, 3.8) is 0 Å². The van der Waals surface area contributed by atoms with E-state index < -0.39 is 11.2 Å². The molecule has 1 unspecified atom stereocenters. The molecule has 1 N–H and O–H groups in total. The fourth-order valence-corrected chi connectivity index (χ4v) is 3.49. The van der Waals surface area contributed by atoms with E-state index in [1.54, 1.807) is 4.90 Å². The lowest BCUT2D eigenvalue weighted by atomic mass is 10.3. The average Bonchev–Trinajstić information content (AvgIpc) is 2.59. The van der Waals surface area contributed by atoms with Gasteiger partial charge in [-0.25, -0.2) is 4.79 Å². The van der Waals surface area contributed by atoms with Gasteiger partial charge in [0.25, 0.3) is 0 Å². The number of likely N-dealkylation sites (N-methyl/N-ethyl adjacent to an activating group) is 1. The predicted molar refractivity (Wildman–Crippen MR) is 101 cm³/mol. The number of amides is 2. The number of nitrogens with zero attached hydrogens (tertiary/aromatic N) is 2. The first-order valence-corrected chi connectivity index (χ1v) is 10.0. The largest absolute Gasteiger partial charge is 0.611 e. The number of carbonyl (C=O) groups excluding carboxylic acids is 1. The number of urea groups is 1. The van der Waals surface area contributed by atoms with Crippen molar-refractivity contribution in [3.05, 3.63) is 30.3 Å². The summed E-state index contributed by atoms with van der Waals surface area (Å²) in [6.45, 7) is 12.1. The molecule has 24 heavy (non-hydrogen) atoms. The second-order valence-corrected chi connectivity index (χ2v) is 7.48. The van der Waals surface area contributed by atoms with Crippen LogP contribution in [0.5, 0.6) is 0 Å². The molecule has 0 aliphatic heterocycles. The minimum Gasteiger partial charge on any atom is -0.611 e. The quantitative estimate of drug-likeness (QED) is 0.658. The summed E-state index contributed by atoms with van der Waals surface area (Å²) < 4.78 is 12.3. The van der Waals surface area contributed by atoms with Gasteiger partial charge in [0.1, 0.15) is 5.75 Å². The first-order valence-electron chi connectivity index (χ1n) is 8.69. The number of hydrogen-bond acceptors (Lipinski definition) is 3. The zero-order valence-electron chi connectivity index (χ0n) is 15.3. The Hall–Kier alpha value is -1.24. The highest BCUT2D eigenvalue weighted by molar-refractivity contribution is 7.91. The lowest BCUT2D eigenvalue weighted by Gasteiger charge is -2.27. The molecule has 0 fully saturated rings. The Morgan fingerprint density at radius 1 is 1.17 bits per heavy atom. The Balaban J connectivity index is 2.46. The van der Waals surface area contributed by atoms with Crippen LogP contribution >= 0.6 is 0 Å². The third-order valence-corrected chi connectivity index (χ3v) is 5.36. The molecule has 0 radical (unpaired) electrons. The van der Waals surface area contributed by atoms with Crippen LogP contribution in [0.15, 0.2) is 35.2 Å². The van der Waals surface area contributed by atoms with Crippen molar-refractivity contribution >= 4 is 17.2 Å². The van der Waals surface area contributed by atoms with E-state index in [0.717, 1.165) is 24.5 Å². The van der Waals surface area contributed by atoms with Gasteiger partial charge in [0.05, 0.1) is 6.54 Å². The van der Waals surface area contributed by atoms with Gasteiger partial charge in [0, 0.05) is 19.1 Å². The molecule has 1 rings (SSSR count). The van der Waals surface area contributed by atoms with Crippen LogP contribution in [-0.4, -0.2) is 64.9 Å². The van der Waals surface area contributed by atoms with Gasteiger partial charge in [-0.15, -0.1) is 0 Å². The highest BCUT2D eigenvalue weighted by Gasteiger charge is 2.20. The van der Waals surface area contributed by atoms with E-state index in [9.17, 15) is 9.35 Å². The molecular formula is C18H31N3O2S. The molecule has 1 atom stereocenters. The SMILES string of the molecule is CCN(CC)CCNC(=O)N(CC[S+]([O-])c1ccccc1)C(C)C. The van der Waals surface area contributed by atoms with E-state index in [4.69, 9.17) is 0 Å². The van der Waals surface area contributed by atoms with E-state index >= 15 is 0 Å². The molecule has 2 amide bonds. The van der Waals surface area contributed by atoms with Crippen LogP contribution in [0.25, 0.3) is 0 Å². The molecular weight excluding hydrogens is 322 g/mol. The molecule has 0 saturated carbocycles. The number of nitrogens with one attached hydrogen (secondary N) is 1. The second-order valence-electron chi connectivity index (χ2n) is 5.91. The Kier molecular flexibility index (Phi) is 9.83. The molecule has 1 aromatic carbocycles. The molecule has 0 spiro atoms. The number of carbonyl (C=O) groups is 1. The number of benzene rings is 1. The van der Waals surface area contributed by atoms with Crippen molar-refractivity contribution in [2.75, 3.05) is 38.5 Å². The third-order valence-electron chi connectivity index (χ3n) is 4.01. The van der Waals surface area contributed by atoms with Crippen molar-refractivity contribution < 1.29 is 9.35 Å². The molecule has 0 bridgehead atoms. The van der Waals surface area contributed by atoms with Gasteiger partial charge < -0.3 is 19.7 Å². The van der Waals surface area contributed by atoms with Gasteiger partial charge in [-0.2, -0.15) is 0 Å². The Bertz CT molecular complexity index is 467. The van der Waals surface area contributed by atoms with Crippen molar-refractivity contribution in [1.82, 2.24) is 15.1 Å². The zero-order chi connectivity index (χ0) is 17.9. The van der Waals surface area contributed by atoms with Crippen LogP contribution in [0, 0.1) is 0 Å². The Labute approximate surface area is 149 Å². The topological polar surface area (TPSA) is 58.6 Å². The lowest BCUT2D eigenvalue weighted by Crippen LogP contribution is -2.47. The van der Waals surface area contributed by atoms with Gasteiger partial charge in [-0.3, -0.25) is 0 Å². The standard InChI is InChI=1S/C18H31N3O2S/c1-5-20(6-2)13-12-19-18(22)21(16(3)4)14-15-24(23)17-10-8-7-9-11-17/h7-11,16H,5-6,12-15H2,1-4H3,(H,19,22). The van der Waals surface area contributed by atoms with E-state index in [1.807, 2.05) is 44.2 Å². The summed E-state index contributed by atoms with van der Waals surface area (Å²) in [6, 6.07) is 9.39. The van der Waals surface area contributed by atoms with E-state index in [1.165, 1.54) is 0 Å². The molecule has 0 aromatic heterocycles. The maximum atomic E-state index is 12.4. The van der Waals surface area contributed by atoms with Crippen LogP contribution in [0.1, 0.15) is 27.7 Å². The van der Waals surface area contributed by atoms with E-state index in [0.29, 0.717) is 18.8 Å². The molecule has 6 heteroatoms. The van der Waals surface area contributed by atoms with Crippen LogP contribution < -0.4 is 5.32 Å². The summed E-state index contributed by atoms with van der Waals surface area (Å²) in [5.74, 6) is 0.450. The fourth-order valence-electron chi connectivity index (χ4n) is 2.43. The molecule has 0 aliphatic rings. The maximum Gasteiger partial charge on any atom is 0.317 e. The lowest BCUT2D eigenvalue weighted by molar-refractivity contribution is 0.185. The molecule has 136 valence electrons. The van der Waals surface area contributed by atoms with Crippen LogP contribution in [0.2, 0.25) is 0 Å². The number of hydrogen-bond donors (Lipinski definition) is 1. The average molecular weight is 354 g/mol. The Morgan fingerprint density at radius 2 is 1.79 bits per heavy atom. The number of rotatable bonds is 10. The molecule has 1 aromatic rings. The summed E-state index contributed by atoms with van der Waals surface area (Å²) in [5, 5.41) is 2.97. The van der Waals surface area contributed by atoms with E-state index in [-0.39, 0.29) is 12.1 Å². The molecule has 0 heterocycles. The highest BCUT2D eigenvalue weighted by atomic mass is 32.2. The zero-order valence-corrected chi connectivity index (χ0v) is 16.1. The molecule has 0 aliphatic carbocycles. The van der Waals surface area contributed by atoms with Crippen LogP contribution in [0.4, 0.5) is 4.79 Å². The van der Waals surface area contributed by atoms with Gasteiger partial charge in [-0.1, -0.05) is 32.0 Å². The summed E-state index contributed by atoms with van der Waals surface area (Å²) in [5.41, 5.74) is 0. The normalized spacial score (nSPS) is 12.5. The summed E-state index contributed by atoms with van der Waals surface area (Å²) >= 11 is -1.08. The highest BCUT2D eigenvalue weighted by Crippen LogP contribution is 2.11. The van der Waals surface area contributed by atoms with Gasteiger partial charge in [0.2, 0.25) is 0 Å². The first kappa shape index (κ1) is 20.8. The van der Waals surface area contributed by atoms with Gasteiger partial charge >= 0.3 is 6.03 Å². The van der Waals surface area contributed by atoms with Gasteiger partial charge in [-0.05, 0) is 50.2 Å². The van der Waals surface area contributed by atoms with Gasteiger partial charge in [0.15, 0.2) is 4.90 Å². The monoisotopic (exact) mass is 353 g/mol. The predicted octanol–water partition coefficient (Wildman–Crippen LogP) is 2.56. The van der Waals surface area contributed by atoms with Crippen molar-refractivity contribution in [1.29, 1.82) is 0 Å². The maximum absolute atomic E-state index is 12.4. The summed E-state index contributed by atoms with van der Waals surface area (Å²) in [7, 11) is 0. The Morgan fingerprint density at radius 3 is 2.33 bits per heavy atom. The van der Waals surface area contributed by atoms with Crippen molar-refractivity contribution in [3.8, 4) is 0 Å². The minimum atomic E-state index is -1.08. The third kappa shape index (κ3) is 7.11. The van der Waals surface area contributed by atoms with Crippen LogP contribution in [-0.2, 0) is 11.2 Å². The first-order chi connectivity index (χ1) is 11.5.